The maximum atomic E-state index is 9.97. The van der Waals surface area contributed by atoms with Gasteiger partial charge in [-0.3, -0.25) is 0 Å². The maximum Gasteiger partial charge on any atom is 0.0940 e. The number of hydrogen-bond acceptors (Lipinski definition) is 3. The lowest BCUT2D eigenvalue weighted by atomic mass is 10.2. The number of halogens is 1. The van der Waals surface area contributed by atoms with Crippen molar-refractivity contribution in [2.75, 3.05) is 0 Å². The zero-order valence-corrected chi connectivity index (χ0v) is 11.1. The fourth-order valence-corrected chi connectivity index (χ4v) is 3.93. The van der Waals surface area contributed by atoms with Crippen LogP contribution in [-0.4, -0.2) is 5.11 Å². The van der Waals surface area contributed by atoms with Crippen LogP contribution in [0.4, 0.5) is 0 Å². The van der Waals surface area contributed by atoms with Crippen molar-refractivity contribution in [3.05, 3.63) is 42.3 Å². The van der Waals surface area contributed by atoms with E-state index in [2.05, 4.69) is 28.7 Å². The van der Waals surface area contributed by atoms with Gasteiger partial charge in [0, 0.05) is 19.7 Å². The van der Waals surface area contributed by atoms with Gasteiger partial charge < -0.3 is 5.11 Å². The highest BCUT2D eigenvalue weighted by atomic mass is 127. The van der Waals surface area contributed by atoms with Gasteiger partial charge >= 0.3 is 0 Å². The second kappa shape index (κ2) is 4.74. The minimum absolute atomic E-state index is 0.347. The van der Waals surface area contributed by atoms with E-state index in [-0.39, 0.29) is 6.10 Å². The first-order valence-corrected chi connectivity index (χ1v) is 7.04. The van der Waals surface area contributed by atoms with Gasteiger partial charge in [-0.1, -0.05) is 6.07 Å². The Morgan fingerprint density at radius 3 is 2.71 bits per heavy atom. The molecule has 1 N–H and O–H groups in total. The second-order valence-corrected chi connectivity index (χ2v) is 6.07. The Morgan fingerprint density at radius 2 is 2.14 bits per heavy atom. The summed E-state index contributed by atoms with van der Waals surface area (Å²) in [4.78, 5) is 2.32. The van der Waals surface area contributed by atoms with Crippen molar-refractivity contribution in [3.8, 4) is 0 Å². The molecule has 0 aliphatic heterocycles. The van der Waals surface area contributed by atoms with Crippen LogP contribution in [-0.2, 0) is 6.42 Å². The van der Waals surface area contributed by atoms with E-state index in [4.69, 9.17) is 0 Å². The Bertz CT molecular complexity index is 394. The summed E-state index contributed by atoms with van der Waals surface area (Å²) in [6.07, 6.45) is 0.384. The van der Waals surface area contributed by atoms with Crippen molar-refractivity contribution in [1.29, 1.82) is 0 Å². The van der Waals surface area contributed by atoms with Crippen LogP contribution in [0, 0.1) is 3.57 Å². The van der Waals surface area contributed by atoms with Crippen LogP contribution in [0.25, 0.3) is 0 Å². The summed E-state index contributed by atoms with van der Waals surface area (Å²) in [5.41, 5.74) is 0. The minimum Gasteiger partial charge on any atom is -0.387 e. The van der Waals surface area contributed by atoms with Gasteiger partial charge in [-0.2, -0.15) is 0 Å². The molecule has 1 unspecified atom stereocenters. The van der Waals surface area contributed by atoms with E-state index in [0.717, 1.165) is 14.9 Å². The molecule has 0 saturated heterocycles. The second-order valence-electron chi connectivity index (χ2n) is 2.93. The summed E-state index contributed by atoms with van der Waals surface area (Å²) >= 11 is 5.59. The number of thiophene rings is 2. The first-order chi connectivity index (χ1) is 6.77. The van der Waals surface area contributed by atoms with Crippen LogP contribution in [0.3, 0.4) is 0 Å². The third kappa shape index (κ3) is 2.36. The topological polar surface area (TPSA) is 20.2 Å². The Labute approximate surface area is 105 Å². The molecule has 0 saturated carbocycles. The highest BCUT2D eigenvalue weighted by molar-refractivity contribution is 14.1. The third-order valence-electron chi connectivity index (χ3n) is 1.92. The van der Waals surface area contributed by atoms with Crippen molar-refractivity contribution in [2.24, 2.45) is 0 Å². The zero-order valence-electron chi connectivity index (χ0n) is 7.31. The van der Waals surface area contributed by atoms with Crippen LogP contribution in [0.2, 0.25) is 0 Å². The average Bonchev–Trinajstić information content (AvgIpc) is 2.75. The van der Waals surface area contributed by atoms with Crippen LogP contribution < -0.4 is 0 Å². The van der Waals surface area contributed by atoms with E-state index >= 15 is 0 Å². The summed E-state index contributed by atoms with van der Waals surface area (Å²) < 4.78 is 1.16. The molecule has 2 heterocycles. The minimum atomic E-state index is -0.347. The van der Waals surface area contributed by atoms with Gasteiger partial charge in [-0.25, -0.2) is 0 Å². The largest absolute Gasteiger partial charge is 0.387 e. The van der Waals surface area contributed by atoms with E-state index in [0.29, 0.717) is 0 Å². The van der Waals surface area contributed by atoms with Crippen molar-refractivity contribution in [3.63, 3.8) is 0 Å². The molecule has 2 rings (SSSR count). The van der Waals surface area contributed by atoms with Crippen LogP contribution in [0.5, 0.6) is 0 Å². The lowest BCUT2D eigenvalue weighted by Gasteiger charge is -2.07. The van der Waals surface area contributed by atoms with E-state index in [1.54, 1.807) is 22.7 Å². The molecule has 1 atom stereocenters. The number of aliphatic hydroxyl groups is 1. The number of hydrogen-bond donors (Lipinski definition) is 1. The molecule has 0 aliphatic carbocycles. The Balaban J connectivity index is 2.10. The molecule has 14 heavy (non-hydrogen) atoms. The summed E-state index contributed by atoms with van der Waals surface area (Å²) in [5, 5.41) is 14.0. The highest BCUT2D eigenvalue weighted by Gasteiger charge is 2.13. The van der Waals surface area contributed by atoms with Gasteiger partial charge in [0.2, 0.25) is 0 Å². The van der Waals surface area contributed by atoms with Gasteiger partial charge in [0.1, 0.15) is 0 Å². The van der Waals surface area contributed by atoms with Crippen LogP contribution in [0.1, 0.15) is 15.9 Å². The molecular weight excluding hydrogens is 327 g/mol. The highest BCUT2D eigenvalue weighted by Crippen LogP contribution is 2.29. The predicted octanol–water partition coefficient (Wildman–Crippen LogP) is 3.69. The van der Waals surface area contributed by atoms with Crippen molar-refractivity contribution >= 4 is 45.3 Å². The Morgan fingerprint density at radius 1 is 1.29 bits per heavy atom. The molecule has 0 bridgehead atoms. The summed E-state index contributed by atoms with van der Waals surface area (Å²) in [6, 6.07) is 6.12. The molecule has 4 heteroatoms. The van der Waals surface area contributed by atoms with E-state index < -0.39 is 0 Å². The van der Waals surface area contributed by atoms with Gasteiger partial charge in [-0.15, -0.1) is 22.7 Å². The monoisotopic (exact) mass is 336 g/mol. The third-order valence-corrected chi connectivity index (χ3v) is 5.15. The first-order valence-electron chi connectivity index (χ1n) is 4.20. The number of rotatable bonds is 3. The summed E-state index contributed by atoms with van der Waals surface area (Å²) in [6.45, 7) is 0. The lowest BCUT2D eigenvalue weighted by molar-refractivity contribution is 0.182. The van der Waals surface area contributed by atoms with Crippen molar-refractivity contribution in [2.45, 2.75) is 12.5 Å². The lowest BCUT2D eigenvalue weighted by Crippen LogP contribution is -1.99. The summed E-state index contributed by atoms with van der Waals surface area (Å²) in [5.74, 6) is 0. The Hall–Kier alpha value is 0.0900. The van der Waals surface area contributed by atoms with Crippen LogP contribution in [0.15, 0.2) is 29.0 Å². The first kappa shape index (κ1) is 10.6. The molecular formula is C10H9IOS2. The maximum absolute atomic E-state index is 9.97. The molecule has 74 valence electrons. The van der Waals surface area contributed by atoms with Gasteiger partial charge in [0.25, 0.3) is 0 Å². The molecule has 0 radical (unpaired) electrons. The zero-order chi connectivity index (χ0) is 9.97. The average molecular weight is 336 g/mol. The molecule has 0 amide bonds. The molecule has 2 aromatic heterocycles. The molecule has 0 spiro atoms. The smallest absolute Gasteiger partial charge is 0.0940 e. The molecule has 0 aromatic carbocycles. The van der Waals surface area contributed by atoms with Gasteiger partial charge in [0.05, 0.1) is 6.10 Å². The molecule has 0 aliphatic rings. The van der Waals surface area contributed by atoms with E-state index in [9.17, 15) is 5.11 Å². The fraction of sp³-hybridized carbons (Fsp3) is 0.200. The standard InChI is InChI=1S/C10H9IOS2/c11-8-3-5-14-10(8)9(12)6-7-2-1-4-13-7/h1-5,9,12H,6H2. The normalized spacial score (nSPS) is 13.0. The fourth-order valence-electron chi connectivity index (χ4n) is 1.26. The quantitative estimate of drug-likeness (QED) is 0.848. The predicted molar refractivity (Wildman–Crippen MR) is 70.0 cm³/mol. The SMILES string of the molecule is OC(Cc1cccs1)c1sccc1I. The van der Waals surface area contributed by atoms with E-state index in [1.807, 2.05) is 22.9 Å². The van der Waals surface area contributed by atoms with E-state index in [1.165, 1.54) is 4.88 Å². The Kier molecular flexibility index (Phi) is 3.59. The number of aliphatic hydroxyl groups excluding tert-OH is 1. The molecule has 1 nitrogen and oxygen atoms in total. The van der Waals surface area contributed by atoms with Crippen molar-refractivity contribution < 1.29 is 5.11 Å². The summed E-state index contributed by atoms with van der Waals surface area (Å²) in [7, 11) is 0. The van der Waals surface area contributed by atoms with Gasteiger partial charge in [0.15, 0.2) is 0 Å². The van der Waals surface area contributed by atoms with Gasteiger partial charge in [-0.05, 0) is 45.5 Å². The molecule has 0 fully saturated rings. The van der Waals surface area contributed by atoms with Crippen molar-refractivity contribution in [1.82, 2.24) is 0 Å². The molecule has 2 aromatic rings. The van der Waals surface area contributed by atoms with Crippen LogP contribution >= 0.6 is 45.3 Å².